The third-order valence-corrected chi connectivity index (χ3v) is 4.50. The standard InChI is InChI=1S/C21H24N2O/c1-14(2)20(16-9-5-4-6-10-16)23-15(3)21(24)18-13-22-19-12-8-7-11-17(18)19/h4-15,20,22-23H,1-3H3/t15-,20+/m0/s1. The Bertz CT molecular complexity index is 820. The van der Waals surface area contributed by atoms with E-state index in [2.05, 4.69) is 36.3 Å². The fourth-order valence-corrected chi connectivity index (χ4v) is 3.19. The van der Waals surface area contributed by atoms with Crippen molar-refractivity contribution in [3.05, 3.63) is 71.9 Å². The first-order valence-corrected chi connectivity index (χ1v) is 8.49. The first kappa shape index (κ1) is 16.5. The van der Waals surface area contributed by atoms with Crippen LogP contribution in [0.15, 0.2) is 60.8 Å². The van der Waals surface area contributed by atoms with Gasteiger partial charge in [-0.2, -0.15) is 0 Å². The van der Waals surface area contributed by atoms with E-state index >= 15 is 0 Å². The number of aromatic nitrogens is 1. The Morgan fingerprint density at radius 3 is 2.33 bits per heavy atom. The summed E-state index contributed by atoms with van der Waals surface area (Å²) in [5.74, 6) is 0.514. The number of nitrogens with one attached hydrogen (secondary N) is 2. The monoisotopic (exact) mass is 320 g/mol. The van der Waals surface area contributed by atoms with Crippen molar-refractivity contribution in [2.24, 2.45) is 5.92 Å². The van der Waals surface area contributed by atoms with Gasteiger partial charge in [0.15, 0.2) is 5.78 Å². The van der Waals surface area contributed by atoms with Crippen LogP contribution in [0.25, 0.3) is 10.9 Å². The Balaban J connectivity index is 1.82. The maximum absolute atomic E-state index is 12.9. The molecule has 2 N–H and O–H groups in total. The van der Waals surface area contributed by atoms with Crippen molar-refractivity contribution >= 4 is 16.7 Å². The number of Topliss-reactive ketones (excluding diaryl/α,β-unsaturated/α-hetero) is 1. The summed E-state index contributed by atoms with van der Waals surface area (Å²) in [4.78, 5) is 16.1. The number of benzene rings is 2. The summed E-state index contributed by atoms with van der Waals surface area (Å²) in [6.45, 7) is 6.30. The predicted molar refractivity (Wildman–Crippen MR) is 99.2 cm³/mol. The van der Waals surface area contributed by atoms with Gasteiger partial charge in [0.25, 0.3) is 0 Å². The summed E-state index contributed by atoms with van der Waals surface area (Å²) in [6.07, 6.45) is 1.82. The SMILES string of the molecule is CC(C)[C@@H](N[C@@H](C)C(=O)c1c[nH]c2ccccc12)c1ccccc1. The molecule has 0 saturated heterocycles. The second-order valence-electron chi connectivity index (χ2n) is 6.63. The van der Waals surface area contributed by atoms with Gasteiger partial charge in [0.2, 0.25) is 0 Å². The molecule has 1 aromatic heterocycles. The molecule has 3 heteroatoms. The zero-order chi connectivity index (χ0) is 17.1. The third kappa shape index (κ3) is 3.26. The first-order valence-electron chi connectivity index (χ1n) is 8.49. The van der Waals surface area contributed by atoms with Crippen LogP contribution in [0.1, 0.15) is 42.7 Å². The summed E-state index contributed by atoms with van der Waals surface area (Å²) < 4.78 is 0. The van der Waals surface area contributed by atoms with Crippen molar-refractivity contribution in [3.63, 3.8) is 0 Å². The second-order valence-corrected chi connectivity index (χ2v) is 6.63. The van der Waals surface area contributed by atoms with Crippen molar-refractivity contribution < 1.29 is 4.79 Å². The zero-order valence-electron chi connectivity index (χ0n) is 14.4. The summed E-state index contributed by atoms with van der Waals surface area (Å²) in [7, 11) is 0. The normalized spacial score (nSPS) is 14.0. The first-order chi connectivity index (χ1) is 11.6. The van der Waals surface area contributed by atoms with E-state index in [9.17, 15) is 4.79 Å². The van der Waals surface area contributed by atoms with Gasteiger partial charge in [-0.3, -0.25) is 4.79 Å². The number of fused-ring (bicyclic) bond motifs is 1. The summed E-state index contributed by atoms with van der Waals surface area (Å²) >= 11 is 0. The number of ketones is 1. The number of carbonyl (C=O) groups is 1. The van der Waals surface area contributed by atoms with Crippen LogP contribution >= 0.6 is 0 Å². The number of hydrogen-bond donors (Lipinski definition) is 2. The van der Waals surface area contributed by atoms with Gasteiger partial charge < -0.3 is 10.3 Å². The smallest absolute Gasteiger partial charge is 0.181 e. The highest BCUT2D eigenvalue weighted by Crippen LogP contribution is 2.24. The molecule has 3 aromatic rings. The Morgan fingerprint density at radius 1 is 0.958 bits per heavy atom. The lowest BCUT2D eigenvalue weighted by Gasteiger charge is -2.26. The Hall–Kier alpha value is -2.39. The molecule has 0 aliphatic heterocycles. The molecule has 0 radical (unpaired) electrons. The number of H-pyrrole nitrogens is 1. The van der Waals surface area contributed by atoms with Crippen molar-refractivity contribution in [1.29, 1.82) is 0 Å². The predicted octanol–water partition coefficient (Wildman–Crippen LogP) is 4.73. The summed E-state index contributed by atoms with van der Waals surface area (Å²) in [5.41, 5.74) is 2.96. The van der Waals surface area contributed by atoms with E-state index in [0.717, 1.165) is 16.5 Å². The molecular weight excluding hydrogens is 296 g/mol. The van der Waals surface area contributed by atoms with Crippen LogP contribution in [0.4, 0.5) is 0 Å². The largest absolute Gasteiger partial charge is 0.360 e. The molecule has 0 spiro atoms. The second kappa shape index (κ2) is 7.02. The van der Waals surface area contributed by atoms with Gasteiger partial charge in [0.1, 0.15) is 0 Å². The highest BCUT2D eigenvalue weighted by molar-refractivity contribution is 6.10. The molecule has 124 valence electrons. The van der Waals surface area contributed by atoms with E-state index in [4.69, 9.17) is 0 Å². The maximum Gasteiger partial charge on any atom is 0.181 e. The molecule has 2 aromatic carbocycles. The molecule has 0 unspecified atom stereocenters. The molecule has 3 nitrogen and oxygen atoms in total. The minimum absolute atomic E-state index is 0.119. The van der Waals surface area contributed by atoms with Crippen LogP contribution in [-0.2, 0) is 0 Å². The molecule has 0 aliphatic rings. The fourth-order valence-electron chi connectivity index (χ4n) is 3.19. The number of hydrogen-bond acceptors (Lipinski definition) is 2. The number of carbonyl (C=O) groups excluding carboxylic acids is 1. The lowest BCUT2D eigenvalue weighted by Crippen LogP contribution is -2.38. The van der Waals surface area contributed by atoms with Gasteiger partial charge in [0, 0.05) is 28.7 Å². The van der Waals surface area contributed by atoms with E-state index in [1.165, 1.54) is 5.56 Å². The van der Waals surface area contributed by atoms with Crippen molar-refractivity contribution in [2.45, 2.75) is 32.9 Å². The van der Waals surface area contributed by atoms with Crippen LogP contribution in [0.2, 0.25) is 0 Å². The van der Waals surface area contributed by atoms with Crippen LogP contribution < -0.4 is 5.32 Å². The molecule has 2 atom stereocenters. The Morgan fingerprint density at radius 2 is 1.62 bits per heavy atom. The van der Waals surface area contributed by atoms with Crippen LogP contribution in [-0.4, -0.2) is 16.8 Å². The topological polar surface area (TPSA) is 44.9 Å². The Labute approximate surface area is 143 Å². The highest BCUT2D eigenvalue weighted by Gasteiger charge is 2.24. The zero-order valence-corrected chi connectivity index (χ0v) is 14.4. The van der Waals surface area contributed by atoms with Gasteiger partial charge in [-0.25, -0.2) is 0 Å². The molecule has 0 bridgehead atoms. The van der Waals surface area contributed by atoms with Crippen LogP contribution in [0, 0.1) is 5.92 Å². The molecule has 0 saturated carbocycles. The van der Waals surface area contributed by atoms with Gasteiger partial charge in [-0.15, -0.1) is 0 Å². The van der Waals surface area contributed by atoms with Gasteiger partial charge >= 0.3 is 0 Å². The fraction of sp³-hybridized carbons (Fsp3) is 0.286. The third-order valence-electron chi connectivity index (χ3n) is 4.50. The van der Waals surface area contributed by atoms with Crippen molar-refractivity contribution in [1.82, 2.24) is 10.3 Å². The maximum atomic E-state index is 12.9. The molecule has 3 rings (SSSR count). The van der Waals surface area contributed by atoms with E-state index < -0.39 is 0 Å². The lowest BCUT2D eigenvalue weighted by molar-refractivity contribution is 0.0941. The van der Waals surface area contributed by atoms with E-state index in [0.29, 0.717) is 5.92 Å². The van der Waals surface area contributed by atoms with Crippen LogP contribution in [0.5, 0.6) is 0 Å². The lowest BCUT2D eigenvalue weighted by atomic mass is 9.94. The van der Waals surface area contributed by atoms with E-state index in [-0.39, 0.29) is 17.9 Å². The van der Waals surface area contributed by atoms with Crippen molar-refractivity contribution in [2.75, 3.05) is 0 Å². The van der Waals surface area contributed by atoms with Crippen LogP contribution in [0.3, 0.4) is 0 Å². The van der Waals surface area contributed by atoms with Gasteiger partial charge in [-0.1, -0.05) is 62.4 Å². The highest BCUT2D eigenvalue weighted by atomic mass is 16.1. The minimum Gasteiger partial charge on any atom is -0.360 e. The Kier molecular flexibility index (Phi) is 4.81. The average molecular weight is 320 g/mol. The van der Waals surface area contributed by atoms with E-state index in [1.54, 1.807) is 0 Å². The molecular formula is C21H24N2O. The van der Waals surface area contributed by atoms with Gasteiger partial charge in [0.05, 0.1) is 6.04 Å². The molecule has 0 fully saturated rings. The number of aromatic amines is 1. The number of rotatable bonds is 6. The molecule has 0 amide bonds. The quantitative estimate of drug-likeness (QED) is 0.645. The average Bonchev–Trinajstić information content (AvgIpc) is 3.03. The van der Waals surface area contributed by atoms with Gasteiger partial charge in [-0.05, 0) is 24.5 Å². The van der Waals surface area contributed by atoms with Crippen molar-refractivity contribution in [3.8, 4) is 0 Å². The molecule has 0 aliphatic carbocycles. The minimum atomic E-state index is -0.253. The summed E-state index contributed by atoms with van der Waals surface area (Å²) in [6, 6.07) is 18.1. The molecule has 1 heterocycles. The van der Waals surface area contributed by atoms with E-state index in [1.807, 2.05) is 55.6 Å². The summed E-state index contributed by atoms with van der Waals surface area (Å²) in [5, 5.41) is 4.51. The number of para-hydroxylation sites is 1. The molecule has 24 heavy (non-hydrogen) atoms.